The standard InChI is InChI=1S/2C22H16F2N4O/c23-18-7-15(13-5-6-14-10-26-27-21(14)9-13)8-19(24)17(18)11-28-12-25-20-4-2-1-3-16(20)22(28)29;23-18-8-14(13-5-6-20-15(7-13)10-26-27-20)9-19(24)17(18)11-28-12-25-21-4-2-1-3-16(21)22(28)29/h1-10,12,14,21,27H,11H2;1-10,12,15,20,27H,11H2. The summed E-state index contributed by atoms with van der Waals surface area (Å²) in [5, 5.41) is 8.87. The van der Waals surface area contributed by atoms with Gasteiger partial charge in [-0.2, -0.15) is 10.2 Å². The van der Waals surface area contributed by atoms with Crippen LogP contribution < -0.4 is 22.0 Å². The number of halogens is 4. The van der Waals surface area contributed by atoms with Gasteiger partial charge in [-0.3, -0.25) is 18.7 Å². The monoisotopic (exact) mass is 780 g/mol. The largest absolute Gasteiger partial charge is 0.302 e. The molecule has 0 spiro atoms. The highest BCUT2D eigenvalue weighted by Crippen LogP contribution is 2.30. The fraction of sp³-hybridized carbons (Fsp3) is 0.136. The van der Waals surface area contributed by atoms with Crippen LogP contribution in [0.4, 0.5) is 17.6 Å². The summed E-state index contributed by atoms with van der Waals surface area (Å²) >= 11 is 0. The molecule has 58 heavy (non-hydrogen) atoms. The summed E-state index contributed by atoms with van der Waals surface area (Å²) < 4.78 is 61.6. The van der Waals surface area contributed by atoms with Gasteiger partial charge >= 0.3 is 0 Å². The average molecular weight is 781 g/mol. The predicted molar refractivity (Wildman–Crippen MR) is 215 cm³/mol. The van der Waals surface area contributed by atoms with E-state index < -0.39 is 23.3 Å². The first-order valence-electron chi connectivity index (χ1n) is 18.4. The number of allylic oxidation sites excluding steroid dienone is 4. The van der Waals surface area contributed by atoms with E-state index in [9.17, 15) is 27.2 Å². The summed E-state index contributed by atoms with van der Waals surface area (Å²) in [5.74, 6) is -2.59. The molecule has 14 heteroatoms. The summed E-state index contributed by atoms with van der Waals surface area (Å²) in [4.78, 5) is 33.6. The van der Waals surface area contributed by atoms with Crippen LogP contribution in [0.15, 0.2) is 142 Å². The van der Waals surface area contributed by atoms with Crippen LogP contribution in [0.1, 0.15) is 22.3 Å². The van der Waals surface area contributed by atoms with E-state index in [1.807, 2.05) is 36.5 Å². The molecule has 10 nitrogen and oxygen atoms in total. The maximum absolute atomic E-state index is 14.8. The molecule has 4 aromatic carbocycles. The van der Waals surface area contributed by atoms with E-state index in [0.29, 0.717) is 32.9 Å². The van der Waals surface area contributed by atoms with Gasteiger partial charge in [-0.25, -0.2) is 27.5 Å². The van der Waals surface area contributed by atoms with Crippen LogP contribution in [0.2, 0.25) is 0 Å². The average Bonchev–Trinajstić information content (AvgIpc) is 3.92. The molecule has 2 aliphatic carbocycles. The summed E-state index contributed by atoms with van der Waals surface area (Å²) in [5.41, 5.74) is 8.33. The van der Waals surface area contributed by atoms with E-state index in [2.05, 4.69) is 31.0 Å². The molecule has 2 N–H and O–H groups in total. The maximum atomic E-state index is 14.8. The Morgan fingerprint density at radius 3 is 1.59 bits per heavy atom. The Labute approximate surface area is 327 Å². The molecular weight excluding hydrogens is 749 g/mol. The first kappa shape index (κ1) is 36.4. The lowest BCUT2D eigenvalue weighted by Crippen LogP contribution is -2.26. The molecule has 2 aliphatic heterocycles. The number of nitrogens with zero attached hydrogens (tertiary/aromatic N) is 6. The molecule has 4 aliphatic rings. The number of hydrogen-bond donors (Lipinski definition) is 2. The van der Waals surface area contributed by atoms with Crippen molar-refractivity contribution in [2.24, 2.45) is 22.0 Å². The van der Waals surface area contributed by atoms with Crippen molar-refractivity contribution in [3.63, 3.8) is 0 Å². The van der Waals surface area contributed by atoms with Crippen molar-refractivity contribution in [2.75, 3.05) is 0 Å². The number of benzene rings is 4. The Morgan fingerprint density at radius 1 is 0.569 bits per heavy atom. The Morgan fingerprint density at radius 2 is 1.03 bits per heavy atom. The smallest absolute Gasteiger partial charge is 0.261 e. The normalized spacial score (nSPS) is 19.9. The molecule has 4 heterocycles. The van der Waals surface area contributed by atoms with Crippen molar-refractivity contribution in [1.82, 2.24) is 30.0 Å². The molecule has 0 radical (unpaired) electrons. The minimum atomic E-state index is -0.702. The first-order chi connectivity index (χ1) is 28.2. The van der Waals surface area contributed by atoms with Crippen LogP contribution in [-0.2, 0) is 13.1 Å². The highest BCUT2D eigenvalue weighted by atomic mass is 19.1. The van der Waals surface area contributed by atoms with Gasteiger partial charge in [0.15, 0.2) is 0 Å². The van der Waals surface area contributed by atoms with Gasteiger partial charge in [0.1, 0.15) is 23.3 Å². The fourth-order valence-electron chi connectivity index (χ4n) is 7.36. The van der Waals surface area contributed by atoms with Gasteiger partial charge in [-0.05, 0) is 70.8 Å². The highest BCUT2D eigenvalue weighted by Gasteiger charge is 2.26. The first-order valence-corrected chi connectivity index (χ1v) is 18.4. The highest BCUT2D eigenvalue weighted by molar-refractivity contribution is 5.82. The number of para-hydroxylation sites is 2. The zero-order valence-electron chi connectivity index (χ0n) is 30.4. The second-order valence-electron chi connectivity index (χ2n) is 14.2. The summed E-state index contributed by atoms with van der Waals surface area (Å²) in [7, 11) is 0. The van der Waals surface area contributed by atoms with E-state index in [1.165, 1.54) is 46.1 Å². The fourth-order valence-corrected chi connectivity index (χ4v) is 7.36. The second-order valence-corrected chi connectivity index (χ2v) is 14.2. The lowest BCUT2D eigenvalue weighted by atomic mass is 9.90. The maximum Gasteiger partial charge on any atom is 0.261 e. The third-order valence-electron chi connectivity index (χ3n) is 10.6. The Balaban J connectivity index is 0.000000150. The summed E-state index contributed by atoms with van der Waals surface area (Å²) in [6.45, 7) is -0.464. The summed E-state index contributed by atoms with van der Waals surface area (Å²) in [6.07, 6.45) is 17.6. The molecular formula is C44H32F4N8O2. The number of aromatic nitrogens is 4. The summed E-state index contributed by atoms with van der Waals surface area (Å²) in [6, 6.07) is 19.0. The van der Waals surface area contributed by atoms with Crippen molar-refractivity contribution in [2.45, 2.75) is 25.2 Å². The van der Waals surface area contributed by atoms with Gasteiger partial charge in [0.2, 0.25) is 0 Å². The van der Waals surface area contributed by atoms with Gasteiger partial charge < -0.3 is 10.9 Å². The van der Waals surface area contributed by atoms with Crippen LogP contribution in [0, 0.1) is 35.1 Å². The molecule has 10 rings (SSSR count). The second kappa shape index (κ2) is 15.0. The predicted octanol–water partition coefficient (Wildman–Crippen LogP) is 6.50. The van der Waals surface area contributed by atoms with Crippen molar-refractivity contribution in [1.29, 1.82) is 0 Å². The van der Waals surface area contributed by atoms with E-state index in [-0.39, 0.29) is 59.3 Å². The SMILES string of the molecule is O=c1c2ccccc2ncn1Cc1c(F)cc(C2=CC3C=NNC3C=C2)cc1F.O=c1c2ccccc2ncn1Cc1c(F)cc(C2=CC3NN=CC3C=C2)cc1F. The van der Waals surface area contributed by atoms with E-state index >= 15 is 0 Å². The van der Waals surface area contributed by atoms with Crippen molar-refractivity contribution in [3.05, 3.63) is 188 Å². The van der Waals surface area contributed by atoms with Crippen LogP contribution in [0.5, 0.6) is 0 Å². The van der Waals surface area contributed by atoms with Gasteiger partial charge in [0, 0.05) is 35.4 Å². The topological polar surface area (TPSA) is 119 Å². The van der Waals surface area contributed by atoms with E-state index in [0.717, 1.165) is 11.1 Å². The molecule has 2 aromatic heterocycles. The third kappa shape index (κ3) is 6.93. The van der Waals surface area contributed by atoms with Gasteiger partial charge in [0.05, 0.1) is 59.6 Å². The number of nitrogens with one attached hydrogen (secondary N) is 2. The quantitative estimate of drug-likeness (QED) is 0.187. The van der Waals surface area contributed by atoms with E-state index in [1.54, 1.807) is 61.0 Å². The van der Waals surface area contributed by atoms with Crippen molar-refractivity contribution >= 4 is 45.4 Å². The lowest BCUT2D eigenvalue weighted by Gasteiger charge is -2.18. The molecule has 0 bridgehead atoms. The van der Waals surface area contributed by atoms with Crippen LogP contribution in [-0.4, -0.2) is 43.6 Å². The molecule has 0 saturated heterocycles. The van der Waals surface area contributed by atoms with Crippen LogP contribution >= 0.6 is 0 Å². The molecule has 4 unspecified atom stereocenters. The molecule has 288 valence electrons. The van der Waals surface area contributed by atoms with Crippen LogP contribution in [0.25, 0.3) is 33.0 Å². The molecule has 0 fully saturated rings. The molecule has 0 saturated carbocycles. The molecule has 4 atom stereocenters. The zero-order valence-corrected chi connectivity index (χ0v) is 30.4. The zero-order chi connectivity index (χ0) is 39.9. The number of hydrazone groups is 2. The Bertz CT molecular complexity index is 2900. The van der Waals surface area contributed by atoms with E-state index in [4.69, 9.17) is 0 Å². The lowest BCUT2D eigenvalue weighted by molar-refractivity contribution is 0.539. The minimum absolute atomic E-state index is 0.0111. The third-order valence-corrected chi connectivity index (χ3v) is 10.6. The van der Waals surface area contributed by atoms with Crippen molar-refractivity contribution in [3.8, 4) is 0 Å². The van der Waals surface area contributed by atoms with Gasteiger partial charge in [-0.15, -0.1) is 0 Å². The molecule has 0 amide bonds. The van der Waals surface area contributed by atoms with Gasteiger partial charge in [0.25, 0.3) is 11.1 Å². The minimum Gasteiger partial charge on any atom is -0.302 e. The molecule has 6 aromatic rings. The van der Waals surface area contributed by atoms with Crippen LogP contribution in [0.3, 0.4) is 0 Å². The van der Waals surface area contributed by atoms with Crippen molar-refractivity contribution < 1.29 is 17.6 Å². The van der Waals surface area contributed by atoms with Gasteiger partial charge in [-0.1, -0.05) is 60.7 Å². The number of fused-ring (bicyclic) bond motifs is 4. The number of hydrogen-bond acceptors (Lipinski definition) is 8. The number of rotatable bonds is 6. The Kier molecular flexibility index (Phi) is 9.44. The Hall–Kier alpha value is -7.22.